The molecule has 0 aliphatic carbocycles. The SMILES string of the molecule is CN1CCC(c2nnc3ccc(C(=O)O)cn23)CC1. The summed E-state index contributed by atoms with van der Waals surface area (Å²) in [7, 11) is 2.11. The lowest BCUT2D eigenvalue weighted by atomic mass is 9.96. The molecule has 0 saturated carbocycles. The Morgan fingerprint density at radius 1 is 1.32 bits per heavy atom. The van der Waals surface area contributed by atoms with E-state index in [2.05, 4.69) is 22.1 Å². The molecular formula is C13H16N4O2. The first kappa shape index (κ1) is 12.1. The third kappa shape index (κ3) is 2.19. The Hall–Kier alpha value is -1.95. The Kier molecular flexibility index (Phi) is 2.94. The third-order valence-corrected chi connectivity index (χ3v) is 3.76. The number of aromatic nitrogens is 3. The second kappa shape index (κ2) is 4.62. The number of carbonyl (C=O) groups is 1. The minimum absolute atomic E-state index is 0.265. The van der Waals surface area contributed by atoms with Crippen molar-refractivity contribution < 1.29 is 9.90 Å². The Balaban J connectivity index is 1.99. The Labute approximate surface area is 110 Å². The highest BCUT2D eigenvalue weighted by Gasteiger charge is 2.23. The molecule has 6 heteroatoms. The summed E-state index contributed by atoms with van der Waals surface area (Å²) in [5.74, 6) is 0.311. The van der Waals surface area contributed by atoms with Gasteiger partial charge in [0.1, 0.15) is 5.82 Å². The van der Waals surface area contributed by atoms with Gasteiger partial charge in [0.15, 0.2) is 5.65 Å². The lowest BCUT2D eigenvalue weighted by molar-refractivity contribution is 0.0696. The highest BCUT2D eigenvalue weighted by atomic mass is 16.4. The highest BCUT2D eigenvalue weighted by molar-refractivity contribution is 5.87. The fourth-order valence-corrected chi connectivity index (χ4v) is 2.58. The number of fused-ring (bicyclic) bond motifs is 1. The highest BCUT2D eigenvalue weighted by Crippen LogP contribution is 2.26. The first-order valence-corrected chi connectivity index (χ1v) is 6.41. The van der Waals surface area contributed by atoms with Crippen LogP contribution in [0.5, 0.6) is 0 Å². The minimum Gasteiger partial charge on any atom is -0.478 e. The van der Waals surface area contributed by atoms with Crippen LogP contribution in [0.2, 0.25) is 0 Å². The first-order chi connectivity index (χ1) is 9.15. The van der Waals surface area contributed by atoms with Crippen LogP contribution in [0, 0.1) is 0 Å². The van der Waals surface area contributed by atoms with Crippen molar-refractivity contribution in [2.24, 2.45) is 0 Å². The zero-order chi connectivity index (χ0) is 13.4. The number of rotatable bonds is 2. The monoisotopic (exact) mass is 260 g/mol. The van der Waals surface area contributed by atoms with Crippen LogP contribution in [0.1, 0.15) is 34.9 Å². The normalized spacial score (nSPS) is 17.9. The molecule has 1 aliphatic rings. The molecule has 1 fully saturated rings. The van der Waals surface area contributed by atoms with Crippen LogP contribution in [0.25, 0.3) is 5.65 Å². The van der Waals surface area contributed by atoms with Crippen molar-refractivity contribution in [2.75, 3.05) is 20.1 Å². The van der Waals surface area contributed by atoms with Crippen molar-refractivity contribution in [3.8, 4) is 0 Å². The van der Waals surface area contributed by atoms with Crippen molar-refractivity contribution in [3.63, 3.8) is 0 Å². The molecule has 0 bridgehead atoms. The maximum absolute atomic E-state index is 11.0. The van der Waals surface area contributed by atoms with Crippen molar-refractivity contribution in [2.45, 2.75) is 18.8 Å². The molecular weight excluding hydrogens is 244 g/mol. The van der Waals surface area contributed by atoms with Crippen molar-refractivity contribution in [3.05, 3.63) is 29.7 Å². The second-order valence-corrected chi connectivity index (χ2v) is 5.09. The third-order valence-electron chi connectivity index (χ3n) is 3.76. The maximum atomic E-state index is 11.0. The van der Waals surface area contributed by atoms with Crippen molar-refractivity contribution >= 4 is 11.6 Å². The van der Waals surface area contributed by atoms with E-state index < -0.39 is 5.97 Å². The lowest BCUT2D eigenvalue weighted by Crippen LogP contribution is -2.30. The molecule has 2 aromatic heterocycles. The molecule has 1 saturated heterocycles. The standard InChI is InChI=1S/C13H16N4O2/c1-16-6-4-9(5-7-16)12-15-14-11-3-2-10(13(18)19)8-17(11)12/h2-3,8-9H,4-7H2,1H3,(H,18,19). The van der Waals surface area contributed by atoms with Crippen LogP contribution < -0.4 is 0 Å². The van der Waals surface area contributed by atoms with E-state index in [0.717, 1.165) is 31.8 Å². The summed E-state index contributed by atoms with van der Waals surface area (Å²) < 4.78 is 1.82. The van der Waals surface area contributed by atoms with Gasteiger partial charge in [-0.25, -0.2) is 4.79 Å². The van der Waals surface area contributed by atoms with E-state index in [1.54, 1.807) is 18.3 Å². The molecule has 0 unspecified atom stereocenters. The number of piperidine rings is 1. The van der Waals surface area contributed by atoms with Gasteiger partial charge in [0.05, 0.1) is 5.56 Å². The van der Waals surface area contributed by atoms with E-state index in [4.69, 9.17) is 5.11 Å². The predicted molar refractivity (Wildman–Crippen MR) is 69.4 cm³/mol. The van der Waals surface area contributed by atoms with Gasteiger partial charge in [-0.1, -0.05) is 0 Å². The Bertz CT molecular complexity index is 614. The van der Waals surface area contributed by atoms with Crippen LogP contribution in [0.3, 0.4) is 0 Å². The van der Waals surface area contributed by atoms with Gasteiger partial charge in [-0.05, 0) is 45.1 Å². The summed E-state index contributed by atoms with van der Waals surface area (Å²) in [5.41, 5.74) is 0.973. The summed E-state index contributed by atoms with van der Waals surface area (Å²) in [4.78, 5) is 13.3. The van der Waals surface area contributed by atoms with Gasteiger partial charge in [-0.15, -0.1) is 10.2 Å². The number of aromatic carboxylic acids is 1. The summed E-state index contributed by atoms with van der Waals surface area (Å²) in [6.45, 7) is 2.08. The molecule has 1 aliphatic heterocycles. The second-order valence-electron chi connectivity index (χ2n) is 5.09. The Morgan fingerprint density at radius 3 is 2.74 bits per heavy atom. The van der Waals surface area contributed by atoms with Gasteiger partial charge in [0, 0.05) is 12.1 Å². The average molecular weight is 260 g/mol. The van der Waals surface area contributed by atoms with E-state index in [1.165, 1.54) is 0 Å². The predicted octanol–water partition coefficient (Wildman–Crippen LogP) is 1.24. The van der Waals surface area contributed by atoms with Crippen LogP contribution in [-0.4, -0.2) is 50.7 Å². The zero-order valence-corrected chi connectivity index (χ0v) is 10.8. The number of hydrogen-bond donors (Lipinski definition) is 1. The van der Waals surface area contributed by atoms with Gasteiger partial charge in [0.25, 0.3) is 0 Å². The van der Waals surface area contributed by atoms with Gasteiger partial charge in [-0.2, -0.15) is 0 Å². The van der Waals surface area contributed by atoms with Gasteiger partial charge >= 0.3 is 5.97 Å². The number of hydrogen-bond acceptors (Lipinski definition) is 4. The number of pyridine rings is 1. The van der Waals surface area contributed by atoms with Crippen molar-refractivity contribution in [1.82, 2.24) is 19.5 Å². The average Bonchev–Trinajstić information content (AvgIpc) is 2.82. The van der Waals surface area contributed by atoms with Crippen LogP contribution in [0.4, 0.5) is 0 Å². The van der Waals surface area contributed by atoms with E-state index in [0.29, 0.717) is 11.6 Å². The van der Waals surface area contributed by atoms with Gasteiger partial charge in [0.2, 0.25) is 0 Å². The molecule has 0 amide bonds. The fraction of sp³-hybridized carbons (Fsp3) is 0.462. The molecule has 1 N–H and O–H groups in total. The first-order valence-electron chi connectivity index (χ1n) is 6.41. The van der Waals surface area contributed by atoms with Crippen molar-refractivity contribution in [1.29, 1.82) is 0 Å². The van der Waals surface area contributed by atoms with Crippen LogP contribution in [0.15, 0.2) is 18.3 Å². The molecule has 0 spiro atoms. The molecule has 0 radical (unpaired) electrons. The Morgan fingerprint density at radius 2 is 2.05 bits per heavy atom. The molecule has 3 rings (SSSR count). The molecule has 0 aromatic carbocycles. The number of nitrogens with zero attached hydrogens (tertiary/aromatic N) is 4. The molecule has 19 heavy (non-hydrogen) atoms. The van der Waals surface area contributed by atoms with Gasteiger partial charge < -0.3 is 10.0 Å². The lowest BCUT2D eigenvalue weighted by Gasteiger charge is -2.27. The number of carboxylic acid groups (broad SMARTS) is 1. The molecule has 2 aromatic rings. The molecule has 0 atom stereocenters. The number of carboxylic acids is 1. The van der Waals surface area contributed by atoms with Gasteiger partial charge in [-0.3, -0.25) is 4.40 Å². The largest absolute Gasteiger partial charge is 0.478 e. The van der Waals surface area contributed by atoms with E-state index in [1.807, 2.05) is 4.40 Å². The molecule has 100 valence electrons. The number of likely N-dealkylation sites (tertiary alicyclic amines) is 1. The fourth-order valence-electron chi connectivity index (χ4n) is 2.58. The molecule has 3 heterocycles. The smallest absolute Gasteiger partial charge is 0.337 e. The van der Waals surface area contributed by atoms with E-state index in [-0.39, 0.29) is 5.56 Å². The van der Waals surface area contributed by atoms with Crippen LogP contribution >= 0.6 is 0 Å². The minimum atomic E-state index is -0.926. The summed E-state index contributed by atoms with van der Waals surface area (Å²) in [5, 5.41) is 17.4. The summed E-state index contributed by atoms with van der Waals surface area (Å²) >= 11 is 0. The summed E-state index contributed by atoms with van der Waals surface area (Å²) in [6, 6.07) is 3.26. The van der Waals surface area contributed by atoms with E-state index in [9.17, 15) is 4.79 Å². The molecule has 6 nitrogen and oxygen atoms in total. The summed E-state index contributed by atoms with van der Waals surface area (Å²) in [6.07, 6.45) is 3.69. The quantitative estimate of drug-likeness (QED) is 0.879. The van der Waals surface area contributed by atoms with Crippen LogP contribution in [-0.2, 0) is 0 Å². The topological polar surface area (TPSA) is 70.7 Å². The zero-order valence-electron chi connectivity index (χ0n) is 10.8. The maximum Gasteiger partial charge on any atom is 0.337 e. The van der Waals surface area contributed by atoms with E-state index >= 15 is 0 Å².